The van der Waals surface area contributed by atoms with Gasteiger partial charge in [-0.05, 0) is 19.8 Å². The van der Waals surface area contributed by atoms with Gasteiger partial charge in [-0.2, -0.15) is 0 Å². The third-order valence-corrected chi connectivity index (χ3v) is 4.85. The number of H-pyrrole nitrogens is 2. The SMILES string of the molecule is CCn1cnnc1C1CC1C(=O)N1CCc2c([nH]c(=O)[nH]c2=O)C1. The largest absolute Gasteiger partial charge is 0.336 e. The van der Waals surface area contributed by atoms with Crippen LogP contribution in [0.3, 0.4) is 0 Å². The number of nitrogens with zero attached hydrogens (tertiary/aromatic N) is 4. The number of carbonyl (C=O) groups is 1. The molecule has 4 rings (SSSR count). The average molecular weight is 330 g/mol. The summed E-state index contributed by atoms with van der Waals surface area (Å²) in [6, 6.07) is 0. The highest BCUT2D eigenvalue weighted by Crippen LogP contribution is 2.47. The van der Waals surface area contributed by atoms with E-state index in [2.05, 4.69) is 20.2 Å². The van der Waals surface area contributed by atoms with Crippen LogP contribution in [0, 0.1) is 5.92 Å². The minimum absolute atomic E-state index is 0.0532. The topological polar surface area (TPSA) is 117 Å². The zero-order valence-corrected chi connectivity index (χ0v) is 13.3. The van der Waals surface area contributed by atoms with E-state index in [1.54, 1.807) is 11.2 Å². The summed E-state index contributed by atoms with van der Waals surface area (Å²) in [5.41, 5.74) is 0.212. The normalized spacial score (nSPS) is 22.3. The van der Waals surface area contributed by atoms with Crippen LogP contribution >= 0.6 is 0 Å². The van der Waals surface area contributed by atoms with Crippen LogP contribution in [0.25, 0.3) is 0 Å². The van der Waals surface area contributed by atoms with E-state index in [0.29, 0.717) is 24.2 Å². The van der Waals surface area contributed by atoms with Crippen molar-refractivity contribution < 1.29 is 4.79 Å². The summed E-state index contributed by atoms with van der Waals surface area (Å²) in [6.45, 7) is 3.56. The molecule has 9 heteroatoms. The van der Waals surface area contributed by atoms with Gasteiger partial charge in [-0.25, -0.2) is 4.79 Å². The van der Waals surface area contributed by atoms with Crippen LogP contribution in [-0.2, 0) is 24.3 Å². The fourth-order valence-corrected chi connectivity index (χ4v) is 3.45. The van der Waals surface area contributed by atoms with Gasteiger partial charge in [0.2, 0.25) is 5.91 Å². The van der Waals surface area contributed by atoms with Gasteiger partial charge in [-0.1, -0.05) is 0 Å². The van der Waals surface area contributed by atoms with Gasteiger partial charge >= 0.3 is 5.69 Å². The van der Waals surface area contributed by atoms with Crippen molar-refractivity contribution in [2.24, 2.45) is 5.92 Å². The van der Waals surface area contributed by atoms with Crippen LogP contribution in [0.5, 0.6) is 0 Å². The first-order valence-corrected chi connectivity index (χ1v) is 8.09. The van der Waals surface area contributed by atoms with Crippen molar-refractivity contribution in [1.82, 2.24) is 29.6 Å². The van der Waals surface area contributed by atoms with E-state index in [-0.39, 0.29) is 29.8 Å². The number of rotatable bonds is 3. The Morgan fingerprint density at radius 3 is 3.00 bits per heavy atom. The van der Waals surface area contributed by atoms with Gasteiger partial charge in [0.05, 0.1) is 6.54 Å². The van der Waals surface area contributed by atoms with Crippen LogP contribution in [0.4, 0.5) is 0 Å². The molecule has 1 saturated carbocycles. The first-order chi connectivity index (χ1) is 11.6. The lowest BCUT2D eigenvalue weighted by molar-refractivity contribution is -0.133. The molecule has 2 unspecified atom stereocenters. The van der Waals surface area contributed by atoms with Crippen molar-refractivity contribution in [3.8, 4) is 0 Å². The highest BCUT2D eigenvalue weighted by atomic mass is 16.2. The van der Waals surface area contributed by atoms with Gasteiger partial charge in [0, 0.05) is 36.2 Å². The lowest BCUT2D eigenvalue weighted by Crippen LogP contribution is -2.42. The molecule has 2 aromatic rings. The summed E-state index contributed by atoms with van der Waals surface area (Å²) >= 11 is 0. The van der Waals surface area contributed by atoms with Crippen LogP contribution in [0.2, 0.25) is 0 Å². The van der Waals surface area contributed by atoms with Crippen molar-refractivity contribution in [2.45, 2.75) is 38.8 Å². The molecular weight excluding hydrogens is 312 g/mol. The Bertz CT molecular complexity index is 910. The third-order valence-electron chi connectivity index (χ3n) is 4.85. The molecule has 24 heavy (non-hydrogen) atoms. The van der Waals surface area contributed by atoms with Crippen molar-refractivity contribution in [1.29, 1.82) is 0 Å². The second-order valence-corrected chi connectivity index (χ2v) is 6.30. The second-order valence-electron chi connectivity index (χ2n) is 6.30. The Labute approximate surface area is 136 Å². The fourth-order valence-electron chi connectivity index (χ4n) is 3.45. The van der Waals surface area contributed by atoms with E-state index in [1.807, 2.05) is 11.5 Å². The molecule has 0 bridgehead atoms. The number of fused-ring (bicyclic) bond motifs is 1. The third kappa shape index (κ3) is 2.36. The summed E-state index contributed by atoms with van der Waals surface area (Å²) in [5.74, 6) is 0.935. The summed E-state index contributed by atoms with van der Waals surface area (Å²) in [5, 5.41) is 8.06. The monoisotopic (exact) mass is 330 g/mol. The summed E-state index contributed by atoms with van der Waals surface area (Å²) < 4.78 is 1.96. The van der Waals surface area contributed by atoms with Gasteiger partial charge in [0.25, 0.3) is 5.56 Å². The van der Waals surface area contributed by atoms with E-state index >= 15 is 0 Å². The summed E-state index contributed by atoms with van der Waals surface area (Å²) in [7, 11) is 0. The maximum Gasteiger partial charge on any atom is 0.325 e. The molecular formula is C15H18N6O3. The van der Waals surface area contributed by atoms with E-state index in [1.165, 1.54) is 0 Å². The van der Waals surface area contributed by atoms with Crippen LogP contribution < -0.4 is 11.2 Å². The second kappa shape index (κ2) is 5.43. The first-order valence-electron chi connectivity index (χ1n) is 8.09. The van der Waals surface area contributed by atoms with Gasteiger partial charge in [0.15, 0.2) is 0 Å². The van der Waals surface area contributed by atoms with Crippen molar-refractivity contribution >= 4 is 5.91 Å². The number of nitrogens with one attached hydrogen (secondary N) is 2. The quantitative estimate of drug-likeness (QED) is 0.776. The van der Waals surface area contributed by atoms with Crippen LogP contribution in [0.15, 0.2) is 15.9 Å². The molecule has 9 nitrogen and oxygen atoms in total. The Morgan fingerprint density at radius 1 is 1.38 bits per heavy atom. The number of hydrogen-bond acceptors (Lipinski definition) is 5. The Hall–Kier alpha value is -2.71. The van der Waals surface area contributed by atoms with Crippen molar-refractivity contribution in [3.63, 3.8) is 0 Å². The molecule has 1 fully saturated rings. The molecule has 0 saturated heterocycles. The van der Waals surface area contributed by atoms with Gasteiger partial charge in [-0.15, -0.1) is 10.2 Å². The number of amides is 1. The van der Waals surface area contributed by atoms with E-state index in [0.717, 1.165) is 18.8 Å². The lowest BCUT2D eigenvalue weighted by atomic mass is 10.1. The maximum absolute atomic E-state index is 12.7. The minimum atomic E-state index is -0.534. The molecule has 0 radical (unpaired) electrons. The molecule has 2 aromatic heterocycles. The predicted octanol–water partition coefficient (Wildman–Crippen LogP) is -0.637. The van der Waals surface area contributed by atoms with Gasteiger partial charge < -0.3 is 14.5 Å². The molecule has 0 aromatic carbocycles. The van der Waals surface area contributed by atoms with E-state index in [4.69, 9.17) is 0 Å². The predicted molar refractivity (Wildman–Crippen MR) is 83.3 cm³/mol. The van der Waals surface area contributed by atoms with Crippen molar-refractivity contribution in [2.75, 3.05) is 6.54 Å². The maximum atomic E-state index is 12.7. The van der Waals surface area contributed by atoms with Gasteiger partial charge in [-0.3, -0.25) is 14.6 Å². The molecule has 2 aliphatic rings. The standard InChI is InChI=1S/C15H18N6O3/c1-2-20-7-16-19-12(20)9-5-10(9)14(23)21-4-3-8-11(6-21)17-15(24)18-13(8)22/h7,9-10H,2-6H2,1H3,(H2,17,18,22,24). The van der Waals surface area contributed by atoms with E-state index < -0.39 is 5.69 Å². The van der Waals surface area contributed by atoms with E-state index in [9.17, 15) is 14.4 Å². The zero-order valence-electron chi connectivity index (χ0n) is 13.3. The molecule has 1 amide bonds. The molecule has 0 spiro atoms. The minimum Gasteiger partial charge on any atom is -0.336 e. The zero-order chi connectivity index (χ0) is 16.8. The number of aromatic nitrogens is 5. The highest BCUT2D eigenvalue weighted by molar-refractivity contribution is 5.83. The molecule has 2 atom stereocenters. The van der Waals surface area contributed by atoms with Crippen LogP contribution in [0.1, 0.15) is 36.3 Å². The molecule has 1 aliphatic heterocycles. The lowest BCUT2D eigenvalue weighted by Gasteiger charge is -2.28. The average Bonchev–Trinajstić information content (AvgIpc) is 3.22. The first kappa shape index (κ1) is 14.9. The smallest absolute Gasteiger partial charge is 0.325 e. The molecule has 1 aliphatic carbocycles. The Kier molecular flexibility index (Phi) is 3.36. The number of aryl methyl sites for hydroxylation is 1. The van der Waals surface area contributed by atoms with Gasteiger partial charge in [0.1, 0.15) is 12.2 Å². The number of aromatic amines is 2. The fraction of sp³-hybridized carbons (Fsp3) is 0.533. The number of carbonyl (C=O) groups excluding carboxylic acids is 1. The highest BCUT2D eigenvalue weighted by Gasteiger charge is 2.48. The Morgan fingerprint density at radius 2 is 2.21 bits per heavy atom. The Balaban J connectivity index is 1.51. The molecule has 3 heterocycles. The summed E-state index contributed by atoms with van der Waals surface area (Å²) in [4.78, 5) is 42.5. The van der Waals surface area contributed by atoms with Crippen LogP contribution in [-0.4, -0.2) is 42.1 Å². The number of hydrogen-bond donors (Lipinski definition) is 2. The molecule has 126 valence electrons. The summed E-state index contributed by atoms with van der Waals surface area (Å²) in [6.07, 6.45) is 2.91. The van der Waals surface area contributed by atoms with Crippen molar-refractivity contribution in [3.05, 3.63) is 44.2 Å². The molecule has 2 N–H and O–H groups in total.